The van der Waals surface area contributed by atoms with Gasteiger partial charge in [-0.3, -0.25) is 0 Å². The fourth-order valence-electron chi connectivity index (χ4n) is 0.447. The van der Waals surface area contributed by atoms with Gasteiger partial charge in [-0.05, 0) is 6.08 Å². The summed E-state index contributed by atoms with van der Waals surface area (Å²) >= 11 is 0. The number of quaternary nitrogens is 1. The molecular formula is C10H19NO3. The third-order valence-corrected chi connectivity index (χ3v) is 1.14. The van der Waals surface area contributed by atoms with Gasteiger partial charge >= 0.3 is 0 Å². The molecule has 4 heteroatoms. The van der Waals surface area contributed by atoms with E-state index in [1.165, 1.54) is 12.2 Å². The van der Waals surface area contributed by atoms with E-state index in [1.807, 2.05) is 0 Å². The number of allylic oxidation sites excluding steroid dienone is 2. The number of aliphatic hydroxyl groups excluding tert-OH is 1. The molecule has 0 saturated heterocycles. The summed E-state index contributed by atoms with van der Waals surface area (Å²) in [5, 5.41) is 17.9. The van der Waals surface area contributed by atoms with Gasteiger partial charge < -0.3 is 19.5 Å². The van der Waals surface area contributed by atoms with Gasteiger partial charge in [-0.25, -0.2) is 0 Å². The molecule has 0 unspecified atom stereocenters. The van der Waals surface area contributed by atoms with Crippen LogP contribution in [0.25, 0.3) is 0 Å². The lowest BCUT2D eigenvalue weighted by atomic mass is 10.5. The van der Waals surface area contributed by atoms with Crippen LogP contribution >= 0.6 is 0 Å². The van der Waals surface area contributed by atoms with Crippen LogP contribution in [0.3, 0.4) is 0 Å². The zero-order valence-electron chi connectivity index (χ0n) is 9.06. The van der Waals surface area contributed by atoms with Gasteiger partial charge in [-0.1, -0.05) is 18.7 Å². The first kappa shape index (κ1) is 15.3. The maximum absolute atomic E-state index is 9.51. The average molecular weight is 201 g/mol. The van der Waals surface area contributed by atoms with Crippen molar-refractivity contribution < 1.29 is 19.5 Å². The molecule has 0 heterocycles. The molecule has 0 aliphatic heterocycles. The molecule has 0 fully saturated rings. The number of aliphatic carboxylic acids is 1. The third-order valence-electron chi connectivity index (χ3n) is 1.14. The molecule has 14 heavy (non-hydrogen) atoms. The molecule has 0 rings (SSSR count). The number of carboxylic acids is 1. The number of nitrogens with zero attached hydrogens (tertiary/aromatic N) is 1. The number of aliphatic hydroxyl groups is 1. The minimum atomic E-state index is -1.19. The molecule has 0 saturated carbocycles. The van der Waals surface area contributed by atoms with Crippen molar-refractivity contribution in [3.63, 3.8) is 0 Å². The number of rotatable bonds is 4. The van der Waals surface area contributed by atoms with Gasteiger partial charge in [0.15, 0.2) is 0 Å². The second-order valence-corrected chi connectivity index (χ2v) is 3.65. The van der Waals surface area contributed by atoms with Crippen LogP contribution in [-0.2, 0) is 4.79 Å². The molecule has 0 spiro atoms. The normalized spacial score (nSPS) is 10.6. The van der Waals surface area contributed by atoms with Gasteiger partial charge in [0, 0.05) is 0 Å². The fraction of sp³-hybridized carbons (Fsp3) is 0.500. The fourth-order valence-corrected chi connectivity index (χ4v) is 0.447. The number of carbonyl (C=O) groups is 1. The Kier molecular flexibility index (Phi) is 9.28. The lowest BCUT2D eigenvalue weighted by Gasteiger charge is -2.21. The van der Waals surface area contributed by atoms with Crippen molar-refractivity contribution in [2.45, 2.75) is 0 Å². The van der Waals surface area contributed by atoms with Crippen LogP contribution in [0.15, 0.2) is 24.8 Å². The van der Waals surface area contributed by atoms with Crippen molar-refractivity contribution >= 4 is 5.97 Å². The monoisotopic (exact) mass is 201 g/mol. The molecule has 0 radical (unpaired) electrons. The largest absolute Gasteiger partial charge is 0.545 e. The van der Waals surface area contributed by atoms with Gasteiger partial charge in [0.2, 0.25) is 0 Å². The van der Waals surface area contributed by atoms with Crippen LogP contribution in [0.4, 0.5) is 0 Å². The van der Waals surface area contributed by atoms with Crippen LogP contribution in [0.5, 0.6) is 0 Å². The number of likely N-dealkylation sites (N-methyl/N-ethyl adjacent to an activating group) is 1. The highest BCUT2D eigenvalue weighted by molar-refractivity contribution is 5.77. The lowest BCUT2D eigenvalue weighted by molar-refractivity contribution is -0.870. The van der Waals surface area contributed by atoms with Gasteiger partial charge in [-0.15, -0.1) is 0 Å². The number of carbonyl (C=O) groups excluding carboxylic acids is 1. The Morgan fingerprint density at radius 1 is 1.50 bits per heavy atom. The quantitative estimate of drug-likeness (QED) is 0.366. The Morgan fingerprint density at radius 3 is 2.07 bits per heavy atom. The van der Waals surface area contributed by atoms with Crippen LogP contribution in [0.2, 0.25) is 0 Å². The van der Waals surface area contributed by atoms with Crippen molar-refractivity contribution in [2.24, 2.45) is 0 Å². The lowest BCUT2D eigenvalue weighted by Crippen LogP contribution is -2.36. The maximum Gasteiger partial charge on any atom is 0.101 e. The van der Waals surface area contributed by atoms with Gasteiger partial charge in [0.1, 0.15) is 6.54 Å². The van der Waals surface area contributed by atoms with Crippen LogP contribution in [0, 0.1) is 0 Å². The van der Waals surface area contributed by atoms with Crippen LogP contribution in [-0.4, -0.2) is 49.9 Å². The highest BCUT2D eigenvalue weighted by Gasteiger charge is 2.02. The summed E-state index contributed by atoms with van der Waals surface area (Å²) in [7, 11) is 6.16. The van der Waals surface area contributed by atoms with E-state index in [-0.39, 0.29) is 6.61 Å². The molecule has 0 aliphatic rings. The zero-order chi connectivity index (χ0) is 11.6. The van der Waals surface area contributed by atoms with E-state index in [4.69, 9.17) is 5.11 Å². The molecule has 4 nitrogen and oxygen atoms in total. The molecule has 0 aromatic rings. The van der Waals surface area contributed by atoms with Crippen molar-refractivity contribution in [1.82, 2.24) is 0 Å². The Bertz CT molecular complexity index is 192. The molecule has 0 aliphatic carbocycles. The van der Waals surface area contributed by atoms with Crippen LogP contribution in [0.1, 0.15) is 0 Å². The molecule has 0 bridgehead atoms. The van der Waals surface area contributed by atoms with E-state index in [2.05, 4.69) is 27.7 Å². The van der Waals surface area contributed by atoms with E-state index in [0.717, 1.165) is 17.1 Å². The van der Waals surface area contributed by atoms with E-state index >= 15 is 0 Å². The molecule has 82 valence electrons. The Labute approximate surface area is 85.4 Å². The van der Waals surface area contributed by atoms with E-state index in [9.17, 15) is 9.90 Å². The summed E-state index contributed by atoms with van der Waals surface area (Å²) in [4.78, 5) is 9.51. The summed E-state index contributed by atoms with van der Waals surface area (Å²) in [6.07, 6.45) is 3.58. The predicted octanol–water partition coefficient (Wildman–Crippen LogP) is -0.837. The van der Waals surface area contributed by atoms with Crippen molar-refractivity contribution in [1.29, 1.82) is 0 Å². The third kappa shape index (κ3) is 22.4. The van der Waals surface area contributed by atoms with Crippen molar-refractivity contribution in [2.75, 3.05) is 34.3 Å². The van der Waals surface area contributed by atoms with E-state index < -0.39 is 5.97 Å². The van der Waals surface area contributed by atoms with Gasteiger partial charge in [-0.2, -0.15) is 0 Å². The molecule has 1 N–H and O–H groups in total. The Morgan fingerprint density at radius 2 is 2.00 bits per heavy atom. The summed E-state index contributed by atoms with van der Waals surface area (Å²) in [5.74, 6) is -1.19. The molecule has 0 amide bonds. The number of hydrogen-bond acceptors (Lipinski definition) is 3. The first-order valence-corrected chi connectivity index (χ1v) is 4.25. The Balaban J connectivity index is 0. The van der Waals surface area contributed by atoms with E-state index in [0.29, 0.717) is 0 Å². The van der Waals surface area contributed by atoms with Crippen molar-refractivity contribution in [3.05, 3.63) is 24.8 Å². The minimum absolute atomic E-state index is 0.281. The van der Waals surface area contributed by atoms with Gasteiger partial charge in [0.25, 0.3) is 0 Å². The van der Waals surface area contributed by atoms with E-state index in [1.54, 1.807) is 0 Å². The second-order valence-electron chi connectivity index (χ2n) is 3.65. The topological polar surface area (TPSA) is 60.4 Å². The predicted molar refractivity (Wildman–Crippen MR) is 54.3 cm³/mol. The summed E-state index contributed by atoms with van der Waals surface area (Å²) in [5.41, 5.74) is 0. The first-order valence-electron chi connectivity index (χ1n) is 4.25. The zero-order valence-corrected chi connectivity index (χ0v) is 9.06. The summed E-state index contributed by atoms with van der Waals surface area (Å²) < 4.78 is 0.844. The Hall–Kier alpha value is -1.13. The van der Waals surface area contributed by atoms with Gasteiger partial charge in [0.05, 0.1) is 33.7 Å². The smallest absolute Gasteiger partial charge is 0.101 e. The minimum Gasteiger partial charge on any atom is -0.545 e. The number of carboxylic acid groups (broad SMARTS) is 1. The highest BCUT2D eigenvalue weighted by Crippen LogP contribution is 1.84. The maximum atomic E-state index is 9.51. The molecular weight excluding hydrogens is 182 g/mol. The first-order chi connectivity index (χ1) is 6.33. The molecule has 0 aromatic carbocycles. The summed E-state index contributed by atoms with van der Waals surface area (Å²) in [6.45, 7) is 4.37. The molecule has 0 aromatic heterocycles. The van der Waals surface area contributed by atoms with Crippen molar-refractivity contribution in [3.8, 4) is 0 Å². The second kappa shape index (κ2) is 8.47. The summed E-state index contributed by atoms with van der Waals surface area (Å²) in [6, 6.07) is 0. The average Bonchev–Trinajstić information content (AvgIpc) is 1.99. The standard InChI is InChI=1S/C5H14NO.C5H6O2/c1-6(2,3)4-5-7;1-2-3-4-5(6)7/h7H,4-5H2,1-3H3;2-4H,1H2,(H,6,7)/q+1;/p-1. The number of hydrogen-bond donors (Lipinski definition) is 1. The SMILES string of the molecule is C=CC=CC(=O)[O-].C[N+](C)(C)CCO. The molecule has 0 atom stereocenters. The van der Waals surface area contributed by atoms with Crippen LogP contribution < -0.4 is 5.11 Å². The highest BCUT2D eigenvalue weighted by atomic mass is 16.4.